The molecule has 134 valence electrons. The number of hydrogen-bond donors (Lipinski definition) is 1. The summed E-state index contributed by atoms with van der Waals surface area (Å²) in [6, 6.07) is 0.642. The normalized spacial score (nSPS) is 24.7. The van der Waals surface area contributed by atoms with Crippen LogP contribution in [0.1, 0.15) is 72.6 Å². The first-order valence-electron chi connectivity index (χ1n) is 9.56. The number of piperidine rings is 1. The minimum absolute atomic E-state index is 0.144. The molecular formula is C19H36N2O2. The van der Waals surface area contributed by atoms with E-state index in [0.717, 1.165) is 38.4 Å². The van der Waals surface area contributed by atoms with Gasteiger partial charge in [-0.1, -0.05) is 12.8 Å². The molecule has 1 saturated heterocycles. The summed E-state index contributed by atoms with van der Waals surface area (Å²) in [6.45, 7) is 10.9. The van der Waals surface area contributed by atoms with E-state index < -0.39 is 5.60 Å². The van der Waals surface area contributed by atoms with E-state index in [2.05, 4.69) is 12.2 Å². The molecule has 2 aliphatic rings. The van der Waals surface area contributed by atoms with Crippen molar-refractivity contribution >= 4 is 6.09 Å². The Labute approximate surface area is 142 Å². The van der Waals surface area contributed by atoms with Gasteiger partial charge in [0.25, 0.3) is 0 Å². The maximum atomic E-state index is 12.2. The number of amides is 1. The number of nitrogens with one attached hydrogen (secondary N) is 1. The summed E-state index contributed by atoms with van der Waals surface area (Å²) in [5.41, 5.74) is -0.400. The highest BCUT2D eigenvalue weighted by atomic mass is 16.6. The summed E-state index contributed by atoms with van der Waals surface area (Å²) in [5.74, 6) is 1.49. The molecular weight excluding hydrogens is 288 g/mol. The lowest BCUT2D eigenvalue weighted by Gasteiger charge is -2.34. The second kappa shape index (κ2) is 8.36. The van der Waals surface area contributed by atoms with Crippen molar-refractivity contribution in [1.82, 2.24) is 10.2 Å². The SMILES string of the molecule is CC(NCCC1CCCN(C(=O)OC(C)(C)C)C1)C1CCCC1. The first kappa shape index (κ1) is 18.6. The number of likely N-dealkylation sites (tertiary alicyclic amines) is 1. The predicted molar refractivity (Wildman–Crippen MR) is 94.6 cm³/mol. The molecule has 4 heteroatoms. The molecule has 1 aliphatic heterocycles. The molecule has 0 radical (unpaired) electrons. The van der Waals surface area contributed by atoms with Crippen molar-refractivity contribution in [3.05, 3.63) is 0 Å². The minimum atomic E-state index is -0.400. The lowest BCUT2D eigenvalue weighted by Crippen LogP contribution is -2.43. The van der Waals surface area contributed by atoms with Crippen molar-refractivity contribution in [2.24, 2.45) is 11.8 Å². The smallest absolute Gasteiger partial charge is 0.410 e. The van der Waals surface area contributed by atoms with E-state index in [9.17, 15) is 4.79 Å². The Kier molecular flexibility index (Phi) is 6.75. The van der Waals surface area contributed by atoms with Crippen molar-refractivity contribution in [3.8, 4) is 0 Å². The summed E-state index contributed by atoms with van der Waals surface area (Å²) in [5, 5.41) is 3.72. The number of carbonyl (C=O) groups is 1. The molecule has 4 nitrogen and oxygen atoms in total. The molecule has 1 amide bonds. The van der Waals surface area contributed by atoms with Crippen LogP contribution >= 0.6 is 0 Å². The summed E-state index contributed by atoms with van der Waals surface area (Å²) in [7, 11) is 0. The van der Waals surface area contributed by atoms with E-state index >= 15 is 0 Å². The van der Waals surface area contributed by atoms with E-state index in [1.807, 2.05) is 25.7 Å². The van der Waals surface area contributed by atoms with Crippen molar-refractivity contribution in [3.63, 3.8) is 0 Å². The van der Waals surface area contributed by atoms with Crippen molar-refractivity contribution in [2.75, 3.05) is 19.6 Å². The second-order valence-corrected chi connectivity index (χ2v) is 8.51. The number of nitrogens with zero attached hydrogens (tertiary/aromatic N) is 1. The fraction of sp³-hybridized carbons (Fsp3) is 0.947. The maximum absolute atomic E-state index is 12.2. The molecule has 2 unspecified atom stereocenters. The number of hydrogen-bond acceptors (Lipinski definition) is 3. The quantitative estimate of drug-likeness (QED) is 0.824. The van der Waals surface area contributed by atoms with Crippen LogP contribution in [-0.4, -0.2) is 42.3 Å². The van der Waals surface area contributed by atoms with Crippen LogP contribution in [0.25, 0.3) is 0 Å². The van der Waals surface area contributed by atoms with Crippen LogP contribution in [0.15, 0.2) is 0 Å². The first-order chi connectivity index (χ1) is 10.8. The lowest BCUT2D eigenvalue weighted by atomic mass is 9.94. The zero-order valence-corrected chi connectivity index (χ0v) is 15.6. The molecule has 0 aromatic carbocycles. The number of carbonyl (C=O) groups excluding carboxylic acids is 1. The third-order valence-electron chi connectivity index (χ3n) is 5.30. The molecule has 0 aromatic rings. The average Bonchev–Trinajstić information content (AvgIpc) is 3.00. The summed E-state index contributed by atoms with van der Waals surface area (Å²) < 4.78 is 5.51. The molecule has 2 rings (SSSR count). The monoisotopic (exact) mass is 324 g/mol. The Bertz CT molecular complexity index is 372. The van der Waals surface area contributed by atoms with Crippen LogP contribution in [0, 0.1) is 11.8 Å². The van der Waals surface area contributed by atoms with Crippen LogP contribution in [0.2, 0.25) is 0 Å². The van der Waals surface area contributed by atoms with E-state index in [4.69, 9.17) is 4.74 Å². The van der Waals surface area contributed by atoms with Gasteiger partial charge in [-0.3, -0.25) is 0 Å². The number of rotatable bonds is 5. The molecule has 1 heterocycles. The molecule has 1 saturated carbocycles. The largest absolute Gasteiger partial charge is 0.444 e. The van der Waals surface area contributed by atoms with Gasteiger partial charge in [0.2, 0.25) is 0 Å². The van der Waals surface area contributed by atoms with Crippen molar-refractivity contribution < 1.29 is 9.53 Å². The maximum Gasteiger partial charge on any atom is 0.410 e. The Balaban J connectivity index is 1.68. The van der Waals surface area contributed by atoms with Gasteiger partial charge in [-0.2, -0.15) is 0 Å². The van der Waals surface area contributed by atoms with Gasteiger partial charge in [0.05, 0.1) is 0 Å². The fourth-order valence-corrected chi connectivity index (χ4v) is 3.93. The molecule has 23 heavy (non-hydrogen) atoms. The third kappa shape index (κ3) is 6.33. The highest BCUT2D eigenvalue weighted by Gasteiger charge is 2.27. The van der Waals surface area contributed by atoms with Gasteiger partial charge < -0.3 is 15.0 Å². The molecule has 0 spiro atoms. The fourth-order valence-electron chi connectivity index (χ4n) is 3.93. The van der Waals surface area contributed by atoms with E-state index in [-0.39, 0.29) is 6.09 Å². The van der Waals surface area contributed by atoms with Gasteiger partial charge in [0.1, 0.15) is 5.60 Å². The standard InChI is InChI=1S/C19H36N2O2/c1-15(17-9-5-6-10-17)20-12-11-16-8-7-13-21(14-16)18(22)23-19(2,3)4/h15-17,20H,5-14H2,1-4H3. The Hall–Kier alpha value is -0.770. The van der Waals surface area contributed by atoms with Crippen LogP contribution in [0.4, 0.5) is 4.79 Å². The Morgan fingerprint density at radius 2 is 1.91 bits per heavy atom. The topological polar surface area (TPSA) is 41.6 Å². The minimum Gasteiger partial charge on any atom is -0.444 e. The molecule has 2 fully saturated rings. The molecule has 2 atom stereocenters. The van der Waals surface area contributed by atoms with Gasteiger partial charge >= 0.3 is 6.09 Å². The summed E-state index contributed by atoms with van der Waals surface area (Å²) in [4.78, 5) is 14.1. The van der Waals surface area contributed by atoms with Gasteiger partial charge in [0, 0.05) is 19.1 Å². The van der Waals surface area contributed by atoms with Gasteiger partial charge in [-0.25, -0.2) is 4.79 Å². The predicted octanol–water partition coefficient (Wildman–Crippen LogP) is 4.19. The third-order valence-corrected chi connectivity index (χ3v) is 5.30. The highest BCUT2D eigenvalue weighted by Crippen LogP contribution is 2.27. The van der Waals surface area contributed by atoms with E-state index in [1.165, 1.54) is 32.1 Å². The van der Waals surface area contributed by atoms with E-state index in [1.54, 1.807) is 0 Å². The van der Waals surface area contributed by atoms with Gasteiger partial charge in [0.15, 0.2) is 0 Å². The van der Waals surface area contributed by atoms with Crippen LogP contribution < -0.4 is 5.32 Å². The first-order valence-corrected chi connectivity index (χ1v) is 9.56. The van der Waals surface area contributed by atoms with Crippen LogP contribution in [-0.2, 0) is 4.74 Å². The zero-order valence-electron chi connectivity index (χ0n) is 15.6. The van der Waals surface area contributed by atoms with Gasteiger partial charge in [-0.05, 0) is 78.2 Å². The van der Waals surface area contributed by atoms with Crippen LogP contribution in [0.5, 0.6) is 0 Å². The van der Waals surface area contributed by atoms with E-state index in [0.29, 0.717) is 12.0 Å². The molecule has 1 N–H and O–H groups in total. The lowest BCUT2D eigenvalue weighted by molar-refractivity contribution is 0.0161. The van der Waals surface area contributed by atoms with Gasteiger partial charge in [-0.15, -0.1) is 0 Å². The van der Waals surface area contributed by atoms with Crippen molar-refractivity contribution in [1.29, 1.82) is 0 Å². The Morgan fingerprint density at radius 3 is 2.57 bits per heavy atom. The molecule has 0 aromatic heterocycles. The second-order valence-electron chi connectivity index (χ2n) is 8.51. The molecule has 1 aliphatic carbocycles. The highest BCUT2D eigenvalue weighted by molar-refractivity contribution is 5.68. The summed E-state index contributed by atoms with van der Waals surface area (Å²) >= 11 is 0. The van der Waals surface area contributed by atoms with Crippen LogP contribution in [0.3, 0.4) is 0 Å². The molecule has 0 bridgehead atoms. The number of ether oxygens (including phenoxy) is 1. The summed E-state index contributed by atoms with van der Waals surface area (Å²) in [6.07, 6.45) is 8.95. The average molecular weight is 325 g/mol. The zero-order chi connectivity index (χ0) is 16.9. The Morgan fingerprint density at radius 1 is 1.22 bits per heavy atom. The van der Waals surface area contributed by atoms with Crippen molar-refractivity contribution in [2.45, 2.75) is 84.3 Å².